The van der Waals surface area contributed by atoms with Gasteiger partial charge >= 0.3 is 0 Å². The van der Waals surface area contributed by atoms with E-state index in [4.69, 9.17) is 0 Å². The minimum Gasteiger partial charge on any atom is -0.384 e. The van der Waals surface area contributed by atoms with Crippen LogP contribution in [-0.4, -0.2) is 5.11 Å². The molecule has 0 radical (unpaired) electrons. The molecule has 0 fully saturated rings. The average molecular weight is 244 g/mol. The summed E-state index contributed by atoms with van der Waals surface area (Å²) >= 11 is 0. The normalized spacial score (nSPS) is 12.5. The van der Waals surface area contributed by atoms with E-state index < -0.39 is 6.10 Å². The second-order valence-electron chi connectivity index (χ2n) is 4.82. The van der Waals surface area contributed by atoms with Gasteiger partial charge in [0.2, 0.25) is 0 Å². The number of aliphatic hydroxyl groups is 1. The van der Waals surface area contributed by atoms with Crippen molar-refractivity contribution in [3.63, 3.8) is 0 Å². The standard InChI is InChI=1S/C16H17FO/c1-10-6-11(2)8-13(7-10)16(18)15-9-14(17)5-4-12(15)3/h4-9,16,18H,1-3H3. The summed E-state index contributed by atoms with van der Waals surface area (Å²) in [5.74, 6) is -0.320. The van der Waals surface area contributed by atoms with E-state index in [0.29, 0.717) is 5.56 Å². The lowest BCUT2D eigenvalue weighted by Crippen LogP contribution is -2.03. The Bertz CT molecular complexity index is 555. The quantitative estimate of drug-likeness (QED) is 0.851. The zero-order chi connectivity index (χ0) is 13.3. The second kappa shape index (κ2) is 4.91. The van der Waals surface area contributed by atoms with Crippen molar-refractivity contribution in [3.8, 4) is 0 Å². The van der Waals surface area contributed by atoms with Gasteiger partial charge in [0.15, 0.2) is 0 Å². The second-order valence-corrected chi connectivity index (χ2v) is 4.82. The number of halogens is 1. The third-order valence-electron chi connectivity index (χ3n) is 3.10. The molecule has 0 amide bonds. The summed E-state index contributed by atoms with van der Waals surface area (Å²) < 4.78 is 13.3. The van der Waals surface area contributed by atoms with Crippen LogP contribution in [0, 0.1) is 26.6 Å². The van der Waals surface area contributed by atoms with E-state index in [9.17, 15) is 9.50 Å². The molecule has 2 rings (SSSR count). The molecule has 0 spiro atoms. The van der Waals surface area contributed by atoms with E-state index >= 15 is 0 Å². The minimum absolute atomic E-state index is 0.320. The highest BCUT2D eigenvalue weighted by atomic mass is 19.1. The van der Waals surface area contributed by atoms with Crippen molar-refractivity contribution >= 4 is 0 Å². The van der Waals surface area contributed by atoms with Gasteiger partial charge in [-0.25, -0.2) is 4.39 Å². The molecule has 94 valence electrons. The van der Waals surface area contributed by atoms with Crippen molar-refractivity contribution in [2.75, 3.05) is 0 Å². The van der Waals surface area contributed by atoms with Gasteiger partial charge in [0.05, 0.1) is 0 Å². The van der Waals surface area contributed by atoms with Crippen LogP contribution in [0.3, 0.4) is 0 Å². The van der Waals surface area contributed by atoms with Gasteiger partial charge in [-0.05, 0) is 49.6 Å². The molecular weight excluding hydrogens is 227 g/mol. The number of rotatable bonds is 2. The Morgan fingerprint density at radius 3 is 2.17 bits per heavy atom. The average Bonchev–Trinajstić information content (AvgIpc) is 2.30. The predicted molar refractivity (Wildman–Crippen MR) is 71.1 cm³/mol. The molecule has 0 saturated carbocycles. The van der Waals surface area contributed by atoms with Gasteiger partial charge in [-0.2, -0.15) is 0 Å². The zero-order valence-corrected chi connectivity index (χ0v) is 10.9. The van der Waals surface area contributed by atoms with Crippen molar-refractivity contribution in [2.45, 2.75) is 26.9 Å². The Balaban J connectivity index is 2.47. The fourth-order valence-corrected chi connectivity index (χ4v) is 2.25. The minimum atomic E-state index is -0.778. The lowest BCUT2D eigenvalue weighted by Gasteiger charge is -2.15. The van der Waals surface area contributed by atoms with E-state index in [1.807, 2.05) is 32.9 Å². The summed E-state index contributed by atoms with van der Waals surface area (Å²) in [5, 5.41) is 10.4. The van der Waals surface area contributed by atoms with Crippen molar-refractivity contribution in [1.82, 2.24) is 0 Å². The van der Waals surface area contributed by atoms with Gasteiger partial charge in [-0.15, -0.1) is 0 Å². The summed E-state index contributed by atoms with van der Waals surface area (Å²) in [6.45, 7) is 5.85. The Hall–Kier alpha value is -1.67. The molecule has 0 heterocycles. The molecule has 18 heavy (non-hydrogen) atoms. The largest absolute Gasteiger partial charge is 0.384 e. The fourth-order valence-electron chi connectivity index (χ4n) is 2.25. The molecule has 0 saturated heterocycles. The molecule has 2 heteroatoms. The first-order chi connectivity index (χ1) is 8.47. The number of hydrogen-bond acceptors (Lipinski definition) is 1. The molecule has 0 bridgehead atoms. The van der Waals surface area contributed by atoms with E-state index in [2.05, 4.69) is 6.07 Å². The number of aliphatic hydroxyl groups excluding tert-OH is 1. The summed E-state index contributed by atoms with van der Waals surface area (Å²) in [4.78, 5) is 0. The van der Waals surface area contributed by atoms with Crippen molar-refractivity contribution in [2.24, 2.45) is 0 Å². The van der Waals surface area contributed by atoms with E-state index in [-0.39, 0.29) is 5.82 Å². The highest BCUT2D eigenvalue weighted by Crippen LogP contribution is 2.26. The number of aryl methyl sites for hydroxylation is 3. The molecule has 2 aromatic carbocycles. The van der Waals surface area contributed by atoms with E-state index in [1.54, 1.807) is 6.07 Å². The van der Waals surface area contributed by atoms with Gasteiger partial charge in [0.25, 0.3) is 0 Å². The fraction of sp³-hybridized carbons (Fsp3) is 0.250. The molecule has 0 aliphatic carbocycles. The molecule has 1 atom stereocenters. The van der Waals surface area contributed by atoms with Crippen LogP contribution in [0.5, 0.6) is 0 Å². The molecule has 0 aliphatic rings. The summed E-state index contributed by atoms with van der Waals surface area (Å²) in [6.07, 6.45) is -0.778. The molecule has 2 aromatic rings. The topological polar surface area (TPSA) is 20.2 Å². The van der Waals surface area contributed by atoms with Crippen LogP contribution in [0.2, 0.25) is 0 Å². The van der Waals surface area contributed by atoms with Gasteiger partial charge < -0.3 is 5.11 Å². The van der Waals surface area contributed by atoms with Gasteiger partial charge in [-0.3, -0.25) is 0 Å². The smallest absolute Gasteiger partial charge is 0.123 e. The van der Waals surface area contributed by atoms with Crippen molar-refractivity contribution < 1.29 is 9.50 Å². The maximum Gasteiger partial charge on any atom is 0.123 e. The van der Waals surface area contributed by atoms with Crippen molar-refractivity contribution in [3.05, 3.63) is 70.0 Å². The van der Waals surface area contributed by atoms with Crippen LogP contribution >= 0.6 is 0 Å². The highest BCUT2D eigenvalue weighted by molar-refractivity contribution is 5.38. The van der Waals surface area contributed by atoms with Crippen LogP contribution in [0.4, 0.5) is 4.39 Å². The zero-order valence-electron chi connectivity index (χ0n) is 10.9. The molecule has 0 aromatic heterocycles. The Morgan fingerprint density at radius 2 is 1.56 bits per heavy atom. The number of benzene rings is 2. The van der Waals surface area contributed by atoms with Crippen molar-refractivity contribution in [1.29, 1.82) is 0 Å². The summed E-state index contributed by atoms with van der Waals surface area (Å²) in [6, 6.07) is 10.4. The Morgan fingerprint density at radius 1 is 0.944 bits per heavy atom. The highest BCUT2D eigenvalue weighted by Gasteiger charge is 2.14. The summed E-state index contributed by atoms with van der Waals surface area (Å²) in [5.41, 5.74) is 4.51. The van der Waals surface area contributed by atoms with E-state index in [1.165, 1.54) is 12.1 Å². The van der Waals surface area contributed by atoms with Crippen LogP contribution in [-0.2, 0) is 0 Å². The van der Waals surface area contributed by atoms with Crippen LogP contribution in [0.1, 0.15) is 33.9 Å². The lowest BCUT2D eigenvalue weighted by molar-refractivity contribution is 0.219. The van der Waals surface area contributed by atoms with Gasteiger partial charge in [0.1, 0.15) is 11.9 Å². The first-order valence-corrected chi connectivity index (χ1v) is 5.99. The third-order valence-corrected chi connectivity index (χ3v) is 3.10. The molecule has 1 N–H and O–H groups in total. The first kappa shape index (κ1) is 12.8. The third kappa shape index (κ3) is 2.59. The maximum absolute atomic E-state index is 13.3. The van der Waals surface area contributed by atoms with Crippen LogP contribution in [0.25, 0.3) is 0 Å². The van der Waals surface area contributed by atoms with Gasteiger partial charge in [-0.1, -0.05) is 35.4 Å². The Labute approximate surface area is 107 Å². The lowest BCUT2D eigenvalue weighted by atomic mass is 9.95. The SMILES string of the molecule is Cc1cc(C)cc(C(O)c2cc(F)ccc2C)c1. The molecule has 1 nitrogen and oxygen atoms in total. The Kier molecular flexibility index (Phi) is 3.48. The first-order valence-electron chi connectivity index (χ1n) is 5.99. The molecule has 0 aliphatic heterocycles. The van der Waals surface area contributed by atoms with Crippen LogP contribution in [0.15, 0.2) is 36.4 Å². The summed E-state index contributed by atoms with van der Waals surface area (Å²) in [7, 11) is 0. The van der Waals surface area contributed by atoms with E-state index in [0.717, 1.165) is 22.3 Å². The predicted octanol–water partition coefficient (Wildman–Crippen LogP) is 3.83. The van der Waals surface area contributed by atoms with Crippen LogP contribution < -0.4 is 0 Å². The number of hydrogen-bond donors (Lipinski definition) is 1. The molecule has 1 unspecified atom stereocenters. The maximum atomic E-state index is 13.3. The van der Waals surface area contributed by atoms with Gasteiger partial charge in [0, 0.05) is 0 Å². The monoisotopic (exact) mass is 244 g/mol. The molecular formula is C16H17FO.